The monoisotopic (exact) mass is 270 g/mol. The van der Waals surface area contributed by atoms with Crippen molar-refractivity contribution >= 4 is 5.97 Å². The second kappa shape index (κ2) is 7.25. The summed E-state index contributed by atoms with van der Waals surface area (Å²) in [5, 5.41) is 3.22. The van der Waals surface area contributed by atoms with E-state index in [1.807, 2.05) is 7.05 Å². The molecule has 0 heterocycles. The van der Waals surface area contributed by atoms with E-state index in [4.69, 9.17) is 4.74 Å². The molecule has 0 aliphatic heterocycles. The van der Waals surface area contributed by atoms with Crippen molar-refractivity contribution in [1.29, 1.82) is 0 Å². The fourth-order valence-electron chi connectivity index (χ4n) is 3.28. The minimum atomic E-state index is -0.488. The van der Waals surface area contributed by atoms with E-state index in [0.29, 0.717) is 12.1 Å². The summed E-state index contributed by atoms with van der Waals surface area (Å²) in [6.07, 6.45) is 6.38. The van der Waals surface area contributed by atoms with Crippen molar-refractivity contribution in [2.24, 2.45) is 0 Å². The van der Waals surface area contributed by atoms with Crippen molar-refractivity contribution in [2.75, 3.05) is 21.2 Å². The van der Waals surface area contributed by atoms with Gasteiger partial charge in [0.25, 0.3) is 0 Å². The van der Waals surface area contributed by atoms with Gasteiger partial charge in [0, 0.05) is 12.1 Å². The third kappa shape index (κ3) is 3.69. The Kier molecular flexibility index (Phi) is 6.27. The first-order chi connectivity index (χ1) is 9.00. The molecule has 1 aliphatic carbocycles. The summed E-state index contributed by atoms with van der Waals surface area (Å²) in [7, 11) is 5.54. The molecule has 0 aromatic carbocycles. The van der Waals surface area contributed by atoms with Crippen LogP contribution >= 0.6 is 0 Å². The van der Waals surface area contributed by atoms with E-state index in [1.165, 1.54) is 26.4 Å². The van der Waals surface area contributed by atoms with Crippen LogP contribution < -0.4 is 5.32 Å². The Morgan fingerprint density at radius 2 is 2.26 bits per heavy atom. The highest BCUT2D eigenvalue weighted by atomic mass is 16.5. The summed E-state index contributed by atoms with van der Waals surface area (Å²) >= 11 is 0. The normalized spacial score (nSPS) is 29.3. The van der Waals surface area contributed by atoms with E-state index in [9.17, 15) is 4.79 Å². The van der Waals surface area contributed by atoms with E-state index >= 15 is 0 Å². The van der Waals surface area contributed by atoms with Crippen LogP contribution in [0.25, 0.3) is 0 Å². The van der Waals surface area contributed by atoms with E-state index in [0.717, 1.165) is 19.3 Å². The Balaban J connectivity index is 2.74. The molecular weight excluding hydrogens is 240 g/mol. The molecule has 1 saturated carbocycles. The zero-order chi connectivity index (χ0) is 14.5. The molecule has 19 heavy (non-hydrogen) atoms. The third-order valence-corrected chi connectivity index (χ3v) is 4.76. The van der Waals surface area contributed by atoms with Crippen LogP contribution in [-0.2, 0) is 9.53 Å². The number of likely N-dealkylation sites (N-methyl/N-ethyl adjacent to an activating group) is 1. The van der Waals surface area contributed by atoms with Crippen LogP contribution in [0, 0.1) is 0 Å². The quantitative estimate of drug-likeness (QED) is 0.751. The molecule has 112 valence electrons. The summed E-state index contributed by atoms with van der Waals surface area (Å²) < 4.78 is 5.00. The van der Waals surface area contributed by atoms with Crippen LogP contribution in [0.1, 0.15) is 52.4 Å². The Bertz CT molecular complexity index is 296. The van der Waals surface area contributed by atoms with Crippen molar-refractivity contribution in [3.8, 4) is 0 Å². The lowest BCUT2D eigenvalue weighted by Crippen LogP contribution is -2.58. The van der Waals surface area contributed by atoms with Crippen molar-refractivity contribution in [1.82, 2.24) is 10.2 Å². The summed E-state index contributed by atoms with van der Waals surface area (Å²) in [6.45, 7) is 4.49. The van der Waals surface area contributed by atoms with Crippen LogP contribution in [0.2, 0.25) is 0 Å². The number of nitrogens with zero attached hydrogens (tertiary/aromatic N) is 1. The van der Waals surface area contributed by atoms with Gasteiger partial charge in [-0.05, 0) is 53.1 Å². The van der Waals surface area contributed by atoms with Crippen molar-refractivity contribution in [3.05, 3.63) is 0 Å². The largest absolute Gasteiger partial charge is 0.468 e. The van der Waals surface area contributed by atoms with E-state index in [2.05, 4.69) is 31.1 Å². The third-order valence-electron chi connectivity index (χ3n) is 4.76. The highest BCUT2D eigenvalue weighted by molar-refractivity contribution is 5.81. The summed E-state index contributed by atoms with van der Waals surface area (Å²) in [5.41, 5.74) is -0.488. The summed E-state index contributed by atoms with van der Waals surface area (Å²) in [5.74, 6) is -0.115. The van der Waals surface area contributed by atoms with Gasteiger partial charge in [-0.1, -0.05) is 13.3 Å². The highest BCUT2D eigenvalue weighted by Crippen LogP contribution is 2.32. The van der Waals surface area contributed by atoms with Gasteiger partial charge >= 0.3 is 5.97 Å². The zero-order valence-corrected chi connectivity index (χ0v) is 13.2. The van der Waals surface area contributed by atoms with Crippen molar-refractivity contribution < 1.29 is 9.53 Å². The van der Waals surface area contributed by atoms with Crippen LogP contribution in [-0.4, -0.2) is 49.7 Å². The minimum absolute atomic E-state index is 0.115. The van der Waals surface area contributed by atoms with Gasteiger partial charge < -0.3 is 15.0 Å². The topological polar surface area (TPSA) is 41.6 Å². The lowest BCUT2D eigenvalue weighted by atomic mass is 9.78. The second-order valence-corrected chi connectivity index (χ2v) is 5.88. The molecule has 1 rings (SSSR count). The van der Waals surface area contributed by atoms with Crippen molar-refractivity contribution in [2.45, 2.75) is 70.0 Å². The number of ether oxygens (including phenoxy) is 1. The Morgan fingerprint density at radius 1 is 1.58 bits per heavy atom. The molecule has 0 saturated heterocycles. The number of hydrogen-bond donors (Lipinski definition) is 1. The molecule has 4 nitrogen and oxygen atoms in total. The van der Waals surface area contributed by atoms with Crippen LogP contribution in [0.15, 0.2) is 0 Å². The average molecular weight is 270 g/mol. The van der Waals surface area contributed by atoms with Crippen LogP contribution in [0.3, 0.4) is 0 Å². The Hall–Kier alpha value is -0.610. The van der Waals surface area contributed by atoms with Gasteiger partial charge in [0.2, 0.25) is 0 Å². The molecule has 1 aliphatic rings. The number of hydrogen-bond acceptors (Lipinski definition) is 4. The highest BCUT2D eigenvalue weighted by Gasteiger charge is 2.43. The molecule has 4 heteroatoms. The SMILES string of the molecule is CCCC(C)N(C)C1CCCC(NC)(C(=O)OC)C1. The Labute approximate surface area is 117 Å². The first-order valence-electron chi connectivity index (χ1n) is 7.50. The smallest absolute Gasteiger partial charge is 0.326 e. The maximum atomic E-state index is 12.1. The molecular formula is C15H30N2O2. The lowest BCUT2D eigenvalue weighted by Gasteiger charge is -2.43. The van der Waals surface area contributed by atoms with Crippen LogP contribution in [0.5, 0.6) is 0 Å². The number of nitrogens with one attached hydrogen (secondary N) is 1. The van der Waals surface area contributed by atoms with E-state index in [1.54, 1.807) is 0 Å². The number of carbonyl (C=O) groups is 1. The number of methoxy groups -OCH3 is 1. The minimum Gasteiger partial charge on any atom is -0.468 e. The second-order valence-electron chi connectivity index (χ2n) is 5.88. The number of carbonyl (C=O) groups excluding carboxylic acids is 1. The number of esters is 1. The van der Waals surface area contributed by atoms with E-state index < -0.39 is 5.54 Å². The van der Waals surface area contributed by atoms with Crippen LogP contribution in [0.4, 0.5) is 0 Å². The zero-order valence-electron chi connectivity index (χ0n) is 13.2. The summed E-state index contributed by atoms with van der Waals surface area (Å²) in [4.78, 5) is 14.5. The van der Waals surface area contributed by atoms with Gasteiger partial charge in [0.15, 0.2) is 0 Å². The predicted octanol–water partition coefficient (Wildman–Crippen LogP) is 2.18. The lowest BCUT2D eigenvalue weighted by molar-refractivity contribution is -0.151. The molecule has 0 spiro atoms. The first kappa shape index (κ1) is 16.4. The average Bonchev–Trinajstić information content (AvgIpc) is 2.45. The van der Waals surface area contributed by atoms with Gasteiger partial charge in [0.05, 0.1) is 7.11 Å². The number of rotatable bonds is 6. The molecule has 0 radical (unpaired) electrons. The molecule has 1 N–H and O–H groups in total. The van der Waals surface area contributed by atoms with Crippen molar-refractivity contribution in [3.63, 3.8) is 0 Å². The van der Waals surface area contributed by atoms with Gasteiger partial charge in [-0.15, -0.1) is 0 Å². The van der Waals surface area contributed by atoms with Gasteiger partial charge in [-0.25, -0.2) is 0 Å². The van der Waals surface area contributed by atoms with E-state index in [-0.39, 0.29) is 5.97 Å². The molecule has 0 amide bonds. The predicted molar refractivity (Wildman–Crippen MR) is 78.2 cm³/mol. The summed E-state index contributed by atoms with van der Waals surface area (Å²) in [6, 6.07) is 1.03. The molecule has 0 aromatic rings. The van der Waals surface area contributed by atoms with Gasteiger partial charge in [0.1, 0.15) is 5.54 Å². The molecule has 3 atom stereocenters. The molecule has 0 bridgehead atoms. The molecule has 3 unspecified atom stereocenters. The fourth-order valence-corrected chi connectivity index (χ4v) is 3.28. The standard InChI is InChI=1S/C15H30N2O2/c1-6-8-12(2)17(4)13-9-7-10-15(11-13,16-3)14(18)19-5/h12-13,16H,6-11H2,1-5H3. The van der Waals surface area contributed by atoms with Gasteiger partial charge in [-0.3, -0.25) is 4.79 Å². The molecule has 0 aromatic heterocycles. The first-order valence-corrected chi connectivity index (χ1v) is 7.50. The maximum absolute atomic E-state index is 12.1. The fraction of sp³-hybridized carbons (Fsp3) is 0.933. The van der Waals surface area contributed by atoms with Gasteiger partial charge in [-0.2, -0.15) is 0 Å². The Morgan fingerprint density at radius 3 is 2.79 bits per heavy atom. The maximum Gasteiger partial charge on any atom is 0.326 e. The molecule has 1 fully saturated rings.